The molecule has 0 unspecified atom stereocenters. The predicted octanol–water partition coefficient (Wildman–Crippen LogP) is 3.85. The number of rotatable bonds is 8. The summed E-state index contributed by atoms with van der Waals surface area (Å²) in [5.74, 6) is 1.05. The lowest BCUT2D eigenvalue weighted by atomic mass is 10.3. The van der Waals surface area contributed by atoms with Crippen molar-refractivity contribution in [3.8, 4) is 5.75 Å². The van der Waals surface area contributed by atoms with Crippen molar-refractivity contribution in [1.82, 2.24) is 25.0 Å². The van der Waals surface area contributed by atoms with Crippen LogP contribution in [0.4, 0.5) is 5.13 Å². The van der Waals surface area contributed by atoms with Crippen LogP contribution in [0.15, 0.2) is 23.4 Å². The van der Waals surface area contributed by atoms with Crippen molar-refractivity contribution in [3.05, 3.63) is 39.1 Å². The van der Waals surface area contributed by atoms with E-state index in [-0.39, 0.29) is 18.3 Å². The molecule has 1 amide bonds. The minimum Gasteiger partial charge on any atom is -0.484 e. The van der Waals surface area contributed by atoms with E-state index in [0.29, 0.717) is 31.9 Å². The lowest BCUT2D eigenvalue weighted by Gasteiger charge is -2.08. The Morgan fingerprint density at radius 1 is 1.29 bits per heavy atom. The van der Waals surface area contributed by atoms with E-state index in [0.717, 1.165) is 11.4 Å². The topological polar surface area (TPSA) is 94.8 Å². The van der Waals surface area contributed by atoms with E-state index >= 15 is 0 Å². The molecule has 3 rings (SSSR count). The molecular formula is C16H16Cl2N6O2S2. The van der Waals surface area contributed by atoms with Gasteiger partial charge in [0.2, 0.25) is 11.0 Å². The molecule has 3 aromatic rings. The minimum absolute atomic E-state index is 0.168. The number of thioether (sulfide) groups is 1. The van der Waals surface area contributed by atoms with Gasteiger partial charge >= 0.3 is 0 Å². The second-order valence-electron chi connectivity index (χ2n) is 5.51. The number of nitrogens with zero attached hydrogens (tertiary/aromatic N) is 5. The Morgan fingerprint density at radius 2 is 2.11 bits per heavy atom. The van der Waals surface area contributed by atoms with E-state index in [2.05, 4.69) is 25.7 Å². The number of anilines is 1. The number of carbonyl (C=O) groups excluding carboxylic acids is 1. The van der Waals surface area contributed by atoms with Crippen LogP contribution in [0.3, 0.4) is 0 Å². The number of halogens is 2. The number of aryl methyl sites for hydroxylation is 1. The van der Waals surface area contributed by atoms with Gasteiger partial charge < -0.3 is 9.30 Å². The van der Waals surface area contributed by atoms with Crippen molar-refractivity contribution in [1.29, 1.82) is 0 Å². The SMILES string of the molecule is CCc1nnc(NC(=O)CSc2nnc(COc3cc(Cl)ccc3Cl)n2C)s1. The maximum atomic E-state index is 12.1. The zero-order chi connectivity index (χ0) is 20.1. The molecule has 1 aromatic carbocycles. The molecule has 0 saturated heterocycles. The highest BCUT2D eigenvalue weighted by atomic mass is 35.5. The third kappa shape index (κ3) is 5.34. The number of hydrogen-bond donors (Lipinski definition) is 1. The summed E-state index contributed by atoms with van der Waals surface area (Å²) in [5, 5.41) is 21.8. The highest BCUT2D eigenvalue weighted by molar-refractivity contribution is 7.99. The third-order valence-electron chi connectivity index (χ3n) is 3.52. The number of amides is 1. The largest absolute Gasteiger partial charge is 0.484 e. The molecule has 1 N–H and O–H groups in total. The van der Waals surface area contributed by atoms with Gasteiger partial charge in [0.15, 0.2) is 11.0 Å². The van der Waals surface area contributed by atoms with E-state index in [9.17, 15) is 4.79 Å². The fraction of sp³-hybridized carbons (Fsp3) is 0.312. The summed E-state index contributed by atoms with van der Waals surface area (Å²) in [5.41, 5.74) is 0. The molecule has 0 saturated carbocycles. The van der Waals surface area contributed by atoms with E-state index in [4.69, 9.17) is 27.9 Å². The molecule has 28 heavy (non-hydrogen) atoms. The summed E-state index contributed by atoms with van der Waals surface area (Å²) in [6.45, 7) is 2.15. The molecule has 0 aliphatic heterocycles. The van der Waals surface area contributed by atoms with E-state index in [1.807, 2.05) is 6.92 Å². The van der Waals surface area contributed by atoms with Crippen LogP contribution in [0.5, 0.6) is 5.75 Å². The second-order valence-corrected chi connectivity index (χ2v) is 8.36. The Bertz CT molecular complexity index is 978. The molecule has 0 aliphatic rings. The summed E-state index contributed by atoms with van der Waals surface area (Å²) >= 11 is 14.7. The number of ether oxygens (including phenoxy) is 1. The summed E-state index contributed by atoms with van der Waals surface area (Å²) in [6, 6.07) is 4.98. The molecule has 0 fully saturated rings. The zero-order valence-electron chi connectivity index (χ0n) is 15.0. The highest BCUT2D eigenvalue weighted by Gasteiger charge is 2.14. The van der Waals surface area contributed by atoms with Gasteiger partial charge in [0.05, 0.1) is 10.8 Å². The van der Waals surface area contributed by atoms with Crippen molar-refractivity contribution in [2.24, 2.45) is 7.05 Å². The molecular weight excluding hydrogens is 443 g/mol. The number of hydrogen-bond acceptors (Lipinski definition) is 8. The molecule has 2 aromatic heterocycles. The summed E-state index contributed by atoms with van der Waals surface area (Å²) in [4.78, 5) is 12.1. The summed E-state index contributed by atoms with van der Waals surface area (Å²) < 4.78 is 7.43. The third-order valence-corrected chi connectivity index (χ3v) is 6.07. The quantitative estimate of drug-likeness (QED) is 0.512. The molecule has 8 nitrogen and oxygen atoms in total. The Hall–Kier alpha value is -1.88. The average molecular weight is 459 g/mol. The lowest BCUT2D eigenvalue weighted by Crippen LogP contribution is -2.14. The maximum Gasteiger partial charge on any atom is 0.236 e. The number of benzene rings is 1. The van der Waals surface area contributed by atoms with Crippen LogP contribution in [0.25, 0.3) is 0 Å². The van der Waals surface area contributed by atoms with Crippen molar-refractivity contribution >= 4 is 57.3 Å². The molecule has 148 valence electrons. The van der Waals surface area contributed by atoms with Crippen molar-refractivity contribution in [2.75, 3.05) is 11.1 Å². The van der Waals surface area contributed by atoms with Gasteiger partial charge in [-0.1, -0.05) is 53.2 Å². The number of aromatic nitrogens is 5. The van der Waals surface area contributed by atoms with E-state index in [1.165, 1.54) is 23.1 Å². The Kier molecular flexibility index (Phi) is 7.11. The lowest BCUT2D eigenvalue weighted by molar-refractivity contribution is -0.113. The first kappa shape index (κ1) is 20.8. The normalized spacial score (nSPS) is 10.9. The Labute approximate surface area is 179 Å². The van der Waals surface area contributed by atoms with Gasteiger partial charge in [-0.05, 0) is 18.6 Å². The molecule has 0 bridgehead atoms. The summed E-state index contributed by atoms with van der Waals surface area (Å²) in [6.07, 6.45) is 0.784. The molecule has 0 aliphatic carbocycles. The predicted molar refractivity (Wildman–Crippen MR) is 110 cm³/mol. The van der Waals surface area contributed by atoms with Crippen LogP contribution in [0, 0.1) is 0 Å². The van der Waals surface area contributed by atoms with Crippen LogP contribution < -0.4 is 10.1 Å². The van der Waals surface area contributed by atoms with Gasteiger partial charge in [0.1, 0.15) is 17.4 Å². The Balaban J connectivity index is 1.54. The standard InChI is InChI=1S/C16H16Cl2N6O2S2/c1-3-14-21-22-15(28-14)19-13(25)8-27-16-23-20-12(24(16)2)7-26-11-6-9(17)4-5-10(11)18/h4-6H,3,7-8H2,1-2H3,(H,19,22,25). The van der Waals surface area contributed by atoms with E-state index in [1.54, 1.807) is 29.8 Å². The van der Waals surface area contributed by atoms with Crippen molar-refractivity contribution in [2.45, 2.75) is 25.1 Å². The number of carbonyl (C=O) groups is 1. The van der Waals surface area contributed by atoms with Crippen LogP contribution in [-0.2, 0) is 24.9 Å². The van der Waals surface area contributed by atoms with Crippen LogP contribution >= 0.6 is 46.3 Å². The van der Waals surface area contributed by atoms with Crippen molar-refractivity contribution in [3.63, 3.8) is 0 Å². The van der Waals surface area contributed by atoms with Gasteiger partial charge in [-0.15, -0.1) is 20.4 Å². The zero-order valence-corrected chi connectivity index (χ0v) is 18.1. The van der Waals surface area contributed by atoms with Gasteiger partial charge in [-0.2, -0.15) is 0 Å². The van der Waals surface area contributed by atoms with Crippen molar-refractivity contribution < 1.29 is 9.53 Å². The highest BCUT2D eigenvalue weighted by Crippen LogP contribution is 2.28. The molecule has 0 radical (unpaired) electrons. The molecule has 0 atom stereocenters. The van der Waals surface area contributed by atoms with Gasteiger partial charge in [0.25, 0.3) is 0 Å². The first-order valence-electron chi connectivity index (χ1n) is 8.17. The second kappa shape index (κ2) is 9.55. The maximum absolute atomic E-state index is 12.1. The first-order chi connectivity index (χ1) is 13.5. The van der Waals surface area contributed by atoms with Gasteiger partial charge in [-0.3, -0.25) is 10.1 Å². The van der Waals surface area contributed by atoms with Crippen LogP contribution in [-0.4, -0.2) is 36.6 Å². The minimum atomic E-state index is -0.185. The number of nitrogens with one attached hydrogen (secondary N) is 1. The molecule has 0 spiro atoms. The molecule has 2 heterocycles. The van der Waals surface area contributed by atoms with Gasteiger partial charge in [-0.25, -0.2) is 0 Å². The van der Waals surface area contributed by atoms with Crippen LogP contribution in [0.2, 0.25) is 10.0 Å². The average Bonchev–Trinajstić information content (AvgIpc) is 3.27. The Morgan fingerprint density at radius 3 is 2.86 bits per heavy atom. The van der Waals surface area contributed by atoms with Crippen LogP contribution in [0.1, 0.15) is 17.8 Å². The molecule has 12 heteroatoms. The first-order valence-corrected chi connectivity index (χ1v) is 10.7. The summed E-state index contributed by atoms with van der Waals surface area (Å²) in [7, 11) is 1.80. The fourth-order valence-corrected chi connectivity index (χ4v) is 3.82. The smallest absolute Gasteiger partial charge is 0.236 e. The monoisotopic (exact) mass is 458 g/mol. The van der Waals surface area contributed by atoms with E-state index < -0.39 is 0 Å². The fourth-order valence-electron chi connectivity index (χ4n) is 2.06. The van der Waals surface area contributed by atoms with Gasteiger partial charge in [0, 0.05) is 18.1 Å².